The molecule has 15 heteroatoms. The molecule has 7 rings (SSSR count). The maximum Gasteiger partial charge on any atom is 0.408 e. The molecule has 310 valence electrons. The number of amidine groups is 1. The largest absolute Gasteiger partial charge is 0.503 e. The van der Waals surface area contributed by atoms with E-state index < -0.39 is 52.9 Å². The van der Waals surface area contributed by atoms with Gasteiger partial charge in [-0.1, -0.05) is 40.2 Å². The number of carboxylic acid groups (broad SMARTS) is 1. The zero-order valence-corrected chi connectivity index (χ0v) is 34.0. The third-order valence-corrected chi connectivity index (χ3v) is 12.4. The number of alkyl carbamates (subject to hydrolysis) is 1. The van der Waals surface area contributed by atoms with Gasteiger partial charge in [0.1, 0.15) is 40.9 Å². The number of aromatic hydroxyl groups is 1. The number of nitrogens with zero attached hydrogens (tertiary/aromatic N) is 3. The van der Waals surface area contributed by atoms with Crippen LogP contribution in [-0.2, 0) is 19.1 Å². The number of carbonyl (C=O) groups is 4. The number of rotatable bonds is 14. The summed E-state index contributed by atoms with van der Waals surface area (Å²) in [6.07, 6.45) is 4.69. The Kier molecular flexibility index (Phi) is 11.1. The lowest BCUT2D eigenvalue weighted by molar-refractivity contribution is -0.145. The molecule has 2 amide bonds. The molecule has 0 radical (unpaired) electrons. The predicted molar refractivity (Wildman–Crippen MR) is 213 cm³/mol. The minimum atomic E-state index is -1.41. The summed E-state index contributed by atoms with van der Waals surface area (Å²) in [5.74, 6) is -2.17. The number of fused-ring (bicyclic) bond motifs is 2. The highest BCUT2D eigenvalue weighted by Gasteiger charge is 2.62. The van der Waals surface area contributed by atoms with E-state index in [1.54, 1.807) is 12.1 Å². The fraction of sp³-hybridized carbons (Fsp3) is 0.605. The van der Waals surface area contributed by atoms with E-state index >= 15 is 0 Å². The summed E-state index contributed by atoms with van der Waals surface area (Å²) in [4.78, 5) is 64.1. The molecule has 4 aliphatic carbocycles. The third kappa shape index (κ3) is 8.29. The van der Waals surface area contributed by atoms with E-state index in [0.717, 1.165) is 18.7 Å². The number of amides is 2. The lowest BCUT2D eigenvalue weighted by Gasteiger charge is -2.33. The number of pyridine rings is 1. The maximum atomic E-state index is 14.8. The van der Waals surface area contributed by atoms with Crippen molar-refractivity contribution in [2.75, 3.05) is 6.61 Å². The van der Waals surface area contributed by atoms with Gasteiger partial charge in [0, 0.05) is 29.8 Å². The average molecular weight is 799 g/mol. The summed E-state index contributed by atoms with van der Waals surface area (Å²) in [5, 5.41) is 40.0. The number of phenols is 1. The topological polar surface area (TPSA) is 222 Å². The molecule has 15 nitrogen and oxygen atoms in total. The van der Waals surface area contributed by atoms with Crippen LogP contribution in [0.2, 0.25) is 0 Å². The Morgan fingerprint density at radius 2 is 1.79 bits per heavy atom. The molecule has 1 aliphatic heterocycles. The summed E-state index contributed by atoms with van der Waals surface area (Å²) >= 11 is 0. The number of hydrogen-bond donors (Lipinski definition) is 5. The van der Waals surface area contributed by atoms with Crippen molar-refractivity contribution in [3.8, 4) is 23.3 Å². The van der Waals surface area contributed by atoms with Crippen molar-refractivity contribution < 1.29 is 43.6 Å². The molecule has 8 unspecified atom stereocenters. The summed E-state index contributed by atoms with van der Waals surface area (Å²) in [6, 6.07) is 5.82. The fourth-order valence-electron chi connectivity index (χ4n) is 9.17. The lowest BCUT2D eigenvalue weighted by Crippen LogP contribution is -2.54. The molecule has 2 aromatic rings. The molecule has 8 atom stereocenters. The number of hydrogen-bond acceptors (Lipinski definition) is 11. The van der Waals surface area contributed by atoms with Gasteiger partial charge in [-0.2, -0.15) is 5.26 Å². The number of carbonyl (C=O) groups excluding carboxylic acids is 3. The van der Waals surface area contributed by atoms with Crippen molar-refractivity contribution in [1.29, 1.82) is 5.26 Å². The maximum absolute atomic E-state index is 14.8. The van der Waals surface area contributed by atoms with E-state index in [1.165, 1.54) is 12.5 Å². The molecule has 4 saturated carbocycles. The Morgan fingerprint density at radius 1 is 1.07 bits per heavy atom. The van der Waals surface area contributed by atoms with Crippen LogP contribution in [0.15, 0.2) is 29.3 Å². The first-order valence-corrected chi connectivity index (χ1v) is 20.4. The van der Waals surface area contributed by atoms with Gasteiger partial charge >= 0.3 is 12.1 Å². The number of benzene rings is 1. The molecule has 0 saturated heterocycles. The van der Waals surface area contributed by atoms with Crippen LogP contribution in [0.4, 0.5) is 4.79 Å². The second kappa shape index (κ2) is 15.8. The van der Waals surface area contributed by atoms with Crippen LogP contribution < -0.4 is 25.4 Å². The molecule has 5 aliphatic rings. The molecule has 1 aromatic carbocycles. The number of carboxylic acids is 1. The van der Waals surface area contributed by atoms with Gasteiger partial charge in [0.25, 0.3) is 0 Å². The van der Waals surface area contributed by atoms with Gasteiger partial charge in [-0.25, -0.2) is 14.6 Å². The number of aliphatic carboxylic acids is 1. The van der Waals surface area contributed by atoms with Crippen molar-refractivity contribution in [1.82, 2.24) is 20.9 Å². The summed E-state index contributed by atoms with van der Waals surface area (Å²) in [5.41, 5.74) is -0.955. The molecule has 2 heterocycles. The standard InChI is InChI=1S/C43H54N6O9/c1-7-24-20-43(24,40(53)54)49-39(52)29-18-26(17-28(29)36(50)38(42(4,5)6)48-41(55)58-25-15-22-14-23(22)16-25)57-33-19-31(30-9-11-34(46-30)45-21(2)3)47-35-27(33)8-10-32(37(35)51)56-13-12-44/h8-10,19,21-26,28-29,38,51H,7,11,13-18,20H2,1-6H3,(H,45,46)(H,48,55)(H,49,52)(H,53,54). The van der Waals surface area contributed by atoms with Crippen molar-refractivity contribution in [3.05, 3.63) is 30.0 Å². The minimum absolute atomic E-state index is 0.0560. The SMILES string of the molecule is CCC1CC1(NC(=O)C1CC(Oc2cc(C3=CCC(=NC(C)C)N3)nc3c(O)c(OCC#N)ccc23)CC1C(=O)C(NC(=O)OC1CC2CC2C1)C(C)(C)C)C(=O)O. The lowest BCUT2D eigenvalue weighted by atomic mass is 9.77. The minimum Gasteiger partial charge on any atom is -0.503 e. The van der Waals surface area contributed by atoms with Crippen molar-refractivity contribution in [2.24, 2.45) is 40.0 Å². The Hall–Kier alpha value is -5.39. The number of nitrogens with one attached hydrogen (secondary N) is 3. The monoisotopic (exact) mass is 798 g/mol. The highest BCUT2D eigenvalue weighted by atomic mass is 16.6. The normalized spacial score (nSPS) is 29.5. The van der Waals surface area contributed by atoms with Crippen LogP contribution in [-0.4, -0.2) is 81.2 Å². The summed E-state index contributed by atoms with van der Waals surface area (Å²) in [7, 11) is 0. The zero-order valence-electron chi connectivity index (χ0n) is 34.0. The van der Waals surface area contributed by atoms with E-state index in [1.807, 2.05) is 53.7 Å². The molecule has 5 N–H and O–H groups in total. The number of Topliss-reactive ketones (excluding diaryl/α,β-unsaturated/α-hetero) is 1. The van der Waals surface area contributed by atoms with Gasteiger partial charge in [-0.15, -0.1) is 0 Å². The third-order valence-electron chi connectivity index (χ3n) is 12.4. The first-order valence-electron chi connectivity index (χ1n) is 20.4. The number of aliphatic imine (C=N–C) groups is 1. The second-order valence-electron chi connectivity index (χ2n) is 18.0. The van der Waals surface area contributed by atoms with E-state index in [4.69, 9.17) is 24.5 Å². The molecule has 0 spiro atoms. The number of ether oxygens (including phenoxy) is 3. The van der Waals surface area contributed by atoms with E-state index in [0.29, 0.717) is 53.6 Å². The van der Waals surface area contributed by atoms with Gasteiger partial charge in [-0.05, 0) is 87.7 Å². The van der Waals surface area contributed by atoms with E-state index in [9.17, 15) is 29.4 Å². The predicted octanol–water partition coefficient (Wildman–Crippen LogP) is 5.64. The van der Waals surface area contributed by atoms with Crippen LogP contribution in [0.1, 0.15) is 98.6 Å². The molecular weight excluding hydrogens is 745 g/mol. The molecule has 58 heavy (non-hydrogen) atoms. The number of aromatic nitrogens is 1. The first-order chi connectivity index (χ1) is 27.5. The second-order valence-corrected chi connectivity index (χ2v) is 18.0. The van der Waals surface area contributed by atoms with Gasteiger partial charge in [0.05, 0.1) is 23.4 Å². The fourth-order valence-corrected chi connectivity index (χ4v) is 9.17. The van der Waals surface area contributed by atoms with Crippen molar-refractivity contribution in [3.63, 3.8) is 0 Å². The number of nitriles is 1. The summed E-state index contributed by atoms with van der Waals surface area (Å²) < 4.78 is 17.9. The first kappa shape index (κ1) is 40.8. The molecular formula is C43H54N6O9. The quantitative estimate of drug-likeness (QED) is 0.157. The molecule has 4 fully saturated rings. The summed E-state index contributed by atoms with van der Waals surface area (Å²) in [6.45, 7) is 11.0. The number of phenolic OH excluding ortho intramolecular Hbond substituents is 1. The van der Waals surface area contributed by atoms with Crippen molar-refractivity contribution in [2.45, 2.75) is 123 Å². The van der Waals surface area contributed by atoms with Gasteiger partial charge in [0.15, 0.2) is 23.9 Å². The van der Waals surface area contributed by atoms with Gasteiger partial charge in [-0.3, -0.25) is 14.6 Å². The van der Waals surface area contributed by atoms with Gasteiger partial charge in [0.2, 0.25) is 5.91 Å². The highest BCUT2D eigenvalue weighted by molar-refractivity contribution is 5.99. The van der Waals surface area contributed by atoms with Gasteiger partial charge < -0.3 is 40.4 Å². The molecule has 1 aromatic heterocycles. The van der Waals surface area contributed by atoms with E-state index in [2.05, 4.69) is 20.9 Å². The van der Waals surface area contributed by atoms with Crippen LogP contribution in [0.3, 0.4) is 0 Å². The van der Waals surface area contributed by atoms with Crippen LogP contribution in [0, 0.1) is 46.3 Å². The Balaban J connectivity index is 1.20. The molecule has 0 bridgehead atoms. The zero-order chi connectivity index (χ0) is 41.7. The highest BCUT2D eigenvalue weighted by Crippen LogP contribution is 2.53. The Labute approximate surface area is 338 Å². The van der Waals surface area contributed by atoms with Crippen LogP contribution in [0.25, 0.3) is 16.6 Å². The van der Waals surface area contributed by atoms with Crippen LogP contribution in [0.5, 0.6) is 17.2 Å². The Morgan fingerprint density at radius 3 is 2.43 bits per heavy atom. The van der Waals surface area contributed by atoms with E-state index in [-0.39, 0.29) is 60.3 Å². The van der Waals surface area contributed by atoms with Crippen LogP contribution >= 0.6 is 0 Å². The average Bonchev–Trinajstić information content (AvgIpc) is 3.83. The number of ketones is 1. The smallest absolute Gasteiger partial charge is 0.408 e. The van der Waals surface area contributed by atoms with Crippen molar-refractivity contribution >= 4 is 46.2 Å². The Bertz CT molecular complexity index is 2090.